The first kappa shape index (κ1) is 14.1. The summed E-state index contributed by atoms with van der Waals surface area (Å²) in [6, 6.07) is 17.2. The number of carbonyl (C=O) groups excluding carboxylic acids is 1. The van der Waals surface area contributed by atoms with Crippen LogP contribution in [0.3, 0.4) is 0 Å². The normalized spacial score (nSPS) is 10.5. The van der Waals surface area contributed by atoms with Gasteiger partial charge in [-0.25, -0.2) is 9.78 Å². The topological polar surface area (TPSA) is 52.3 Å². The van der Waals surface area contributed by atoms with Gasteiger partial charge in [0.15, 0.2) is 11.5 Å². The number of aromatic nitrogens is 1. The van der Waals surface area contributed by atoms with Crippen LogP contribution in [0.1, 0.15) is 16.1 Å². The molecule has 0 atom stereocenters. The third kappa shape index (κ3) is 2.63. The number of nitrogens with zero attached hydrogens (tertiary/aromatic N) is 1. The molecular formula is C18H15NO3. The average Bonchev–Trinajstić information content (AvgIpc) is 3.01. The van der Waals surface area contributed by atoms with E-state index in [0.29, 0.717) is 11.7 Å². The van der Waals surface area contributed by atoms with Gasteiger partial charge in [-0.2, -0.15) is 0 Å². The Morgan fingerprint density at radius 1 is 1.00 bits per heavy atom. The van der Waals surface area contributed by atoms with Gasteiger partial charge in [0.25, 0.3) is 0 Å². The van der Waals surface area contributed by atoms with Crippen LogP contribution < -0.4 is 0 Å². The molecule has 2 aromatic carbocycles. The second-order valence-corrected chi connectivity index (χ2v) is 4.92. The van der Waals surface area contributed by atoms with E-state index in [1.807, 2.05) is 61.5 Å². The quantitative estimate of drug-likeness (QED) is 0.682. The summed E-state index contributed by atoms with van der Waals surface area (Å²) in [5.74, 6) is 0.309. The Hall–Kier alpha value is -2.88. The predicted molar refractivity (Wildman–Crippen MR) is 83.5 cm³/mol. The van der Waals surface area contributed by atoms with Crippen LogP contribution in [0.15, 0.2) is 59.0 Å². The SMILES string of the molecule is COC(=O)c1nc(-c2ccc(C)cc2)oc1-c1ccccc1. The maximum absolute atomic E-state index is 12.0. The Morgan fingerprint density at radius 2 is 1.68 bits per heavy atom. The summed E-state index contributed by atoms with van der Waals surface area (Å²) in [5.41, 5.74) is 2.93. The van der Waals surface area contributed by atoms with Crippen LogP contribution in [-0.4, -0.2) is 18.1 Å². The van der Waals surface area contributed by atoms with Crippen molar-refractivity contribution in [2.75, 3.05) is 7.11 Å². The zero-order valence-electron chi connectivity index (χ0n) is 12.4. The first-order chi connectivity index (χ1) is 10.7. The van der Waals surface area contributed by atoms with Gasteiger partial charge < -0.3 is 9.15 Å². The Labute approximate surface area is 128 Å². The minimum atomic E-state index is -0.513. The highest BCUT2D eigenvalue weighted by molar-refractivity contribution is 5.94. The third-order valence-corrected chi connectivity index (χ3v) is 3.34. The Balaban J connectivity index is 2.13. The summed E-state index contributed by atoms with van der Waals surface area (Å²) >= 11 is 0. The molecule has 0 saturated carbocycles. The lowest BCUT2D eigenvalue weighted by Crippen LogP contribution is -2.03. The zero-order chi connectivity index (χ0) is 15.5. The van der Waals surface area contributed by atoms with E-state index in [2.05, 4.69) is 4.98 Å². The Bertz CT molecular complexity index is 789. The van der Waals surface area contributed by atoms with E-state index >= 15 is 0 Å². The van der Waals surface area contributed by atoms with Crippen LogP contribution in [0.5, 0.6) is 0 Å². The number of rotatable bonds is 3. The molecule has 1 aromatic heterocycles. The molecule has 0 bridgehead atoms. The van der Waals surface area contributed by atoms with Gasteiger partial charge in [0.2, 0.25) is 5.89 Å². The van der Waals surface area contributed by atoms with E-state index in [1.165, 1.54) is 7.11 Å². The zero-order valence-corrected chi connectivity index (χ0v) is 12.4. The van der Waals surface area contributed by atoms with Crippen molar-refractivity contribution < 1.29 is 13.9 Å². The smallest absolute Gasteiger partial charge is 0.360 e. The van der Waals surface area contributed by atoms with E-state index < -0.39 is 5.97 Å². The van der Waals surface area contributed by atoms with E-state index in [-0.39, 0.29) is 5.69 Å². The number of ether oxygens (including phenoxy) is 1. The first-order valence-corrected chi connectivity index (χ1v) is 6.90. The molecule has 22 heavy (non-hydrogen) atoms. The molecule has 0 fully saturated rings. The molecule has 110 valence electrons. The summed E-state index contributed by atoms with van der Waals surface area (Å²) in [4.78, 5) is 16.3. The lowest BCUT2D eigenvalue weighted by molar-refractivity contribution is 0.0595. The minimum absolute atomic E-state index is 0.185. The highest BCUT2D eigenvalue weighted by Crippen LogP contribution is 2.30. The maximum Gasteiger partial charge on any atom is 0.360 e. The molecular weight excluding hydrogens is 278 g/mol. The third-order valence-electron chi connectivity index (χ3n) is 3.34. The van der Waals surface area contributed by atoms with Gasteiger partial charge in [0, 0.05) is 11.1 Å². The summed E-state index contributed by atoms with van der Waals surface area (Å²) in [6.07, 6.45) is 0. The maximum atomic E-state index is 12.0. The van der Waals surface area contributed by atoms with Crippen LogP contribution in [0, 0.1) is 6.92 Å². The van der Waals surface area contributed by atoms with Crippen LogP contribution >= 0.6 is 0 Å². The Kier molecular flexibility index (Phi) is 3.74. The highest BCUT2D eigenvalue weighted by atomic mass is 16.5. The fourth-order valence-corrected chi connectivity index (χ4v) is 2.16. The van der Waals surface area contributed by atoms with Crippen molar-refractivity contribution in [3.63, 3.8) is 0 Å². The summed E-state index contributed by atoms with van der Waals surface area (Å²) in [5, 5.41) is 0. The molecule has 0 radical (unpaired) electrons. The number of oxazole rings is 1. The van der Waals surface area contributed by atoms with Crippen LogP contribution in [0.2, 0.25) is 0 Å². The molecule has 0 aliphatic heterocycles. The molecule has 0 saturated heterocycles. The lowest BCUT2D eigenvalue weighted by Gasteiger charge is -1.99. The van der Waals surface area contributed by atoms with Gasteiger partial charge in [0.1, 0.15) is 0 Å². The molecule has 4 heteroatoms. The molecule has 1 heterocycles. The largest absolute Gasteiger partial charge is 0.464 e. The van der Waals surface area contributed by atoms with E-state index in [9.17, 15) is 4.79 Å². The summed E-state index contributed by atoms with van der Waals surface area (Å²) in [6.45, 7) is 2.01. The van der Waals surface area contributed by atoms with Crippen LogP contribution in [0.4, 0.5) is 0 Å². The van der Waals surface area contributed by atoms with Gasteiger partial charge in [-0.1, -0.05) is 48.0 Å². The average molecular weight is 293 g/mol. The van der Waals surface area contributed by atoms with Gasteiger partial charge in [-0.15, -0.1) is 0 Å². The van der Waals surface area contributed by atoms with Crippen molar-refractivity contribution >= 4 is 5.97 Å². The first-order valence-electron chi connectivity index (χ1n) is 6.90. The summed E-state index contributed by atoms with van der Waals surface area (Å²) < 4.78 is 10.6. The van der Waals surface area contributed by atoms with E-state index in [0.717, 1.165) is 16.7 Å². The number of carbonyl (C=O) groups is 1. The lowest BCUT2D eigenvalue weighted by atomic mass is 10.1. The standard InChI is InChI=1S/C18H15NO3/c1-12-8-10-14(11-9-12)17-19-15(18(20)21-2)16(22-17)13-6-4-3-5-7-13/h3-11H,1-2H3. The molecule has 0 N–H and O–H groups in total. The fourth-order valence-electron chi connectivity index (χ4n) is 2.16. The highest BCUT2D eigenvalue weighted by Gasteiger charge is 2.22. The fraction of sp³-hybridized carbons (Fsp3) is 0.111. The number of aryl methyl sites for hydroxylation is 1. The number of benzene rings is 2. The van der Waals surface area contributed by atoms with Gasteiger partial charge in [-0.3, -0.25) is 0 Å². The van der Waals surface area contributed by atoms with Crippen molar-refractivity contribution in [3.05, 3.63) is 65.9 Å². The van der Waals surface area contributed by atoms with Gasteiger partial charge in [0.05, 0.1) is 7.11 Å². The number of esters is 1. The number of hydrogen-bond acceptors (Lipinski definition) is 4. The second-order valence-electron chi connectivity index (χ2n) is 4.92. The van der Waals surface area contributed by atoms with Crippen molar-refractivity contribution in [2.45, 2.75) is 6.92 Å². The molecule has 0 amide bonds. The Morgan fingerprint density at radius 3 is 2.32 bits per heavy atom. The van der Waals surface area contributed by atoms with E-state index in [1.54, 1.807) is 0 Å². The molecule has 0 aliphatic rings. The van der Waals surface area contributed by atoms with Crippen molar-refractivity contribution in [2.24, 2.45) is 0 Å². The molecule has 3 aromatic rings. The summed E-state index contributed by atoms with van der Waals surface area (Å²) in [7, 11) is 1.33. The van der Waals surface area contributed by atoms with Crippen LogP contribution in [-0.2, 0) is 4.74 Å². The van der Waals surface area contributed by atoms with Crippen molar-refractivity contribution in [1.29, 1.82) is 0 Å². The number of hydrogen-bond donors (Lipinski definition) is 0. The molecule has 0 spiro atoms. The van der Waals surface area contributed by atoms with Gasteiger partial charge >= 0.3 is 5.97 Å². The van der Waals surface area contributed by atoms with Crippen LogP contribution in [0.25, 0.3) is 22.8 Å². The van der Waals surface area contributed by atoms with Crippen molar-refractivity contribution in [1.82, 2.24) is 4.98 Å². The molecule has 0 unspecified atom stereocenters. The molecule has 4 nitrogen and oxygen atoms in total. The van der Waals surface area contributed by atoms with Gasteiger partial charge in [-0.05, 0) is 19.1 Å². The minimum Gasteiger partial charge on any atom is -0.464 e. The molecule has 0 aliphatic carbocycles. The molecule has 3 rings (SSSR count). The van der Waals surface area contributed by atoms with E-state index in [4.69, 9.17) is 9.15 Å². The number of methoxy groups -OCH3 is 1. The predicted octanol–water partition coefficient (Wildman–Crippen LogP) is 4.10. The monoisotopic (exact) mass is 293 g/mol. The van der Waals surface area contributed by atoms with Crippen molar-refractivity contribution in [3.8, 4) is 22.8 Å². The second kappa shape index (κ2) is 5.85.